The van der Waals surface area contributed by atoms with Crippen molar-refractivity contribution < 1.29 is 48.3 Å². The first-order valence-corrected chi connectivity index (χ1v) is 9.32. The molecule has 1 atom stereocenters. The van der Waals surface area contributed by atoms with E-state index in [0.29, 0.717) is 10.8 Å². The van der Waals surface area contributed by atoms with Crippen LogP contribution in [0.15, 0.2) is 0 Å². The summed E-state index contributed by atoms with van der Waals surface area (Å²) >= 11 is 0. The van der Waals surface area contributed by atoms with Crippen molar-refractivity contribution >= 4 is 29.5 Å². The Morgan fingerprint density at radius 2 is 1.00 bits per heavy atom. The normalized spacial score (nSPS) is 18.5. The predicted molar refractivity (Wildman–Crippen MR) is 97.7 cm³/mol. The third-order valence-corrected chi connectivity index (χ3v) is 5.37. The summed E-state index contributed by atoms with van der Waals surface area (Å²) in [6.07, 6.45) is 0.704. The highest BCUT2D eigenvalue weighted by atomic mass is 19.2. The van der Waals surface area contributed by atoms with Gasteiger partial charge in [0.2, 0.25) is 11.6 Å². The second-order valence-electron chi connectivity index (χ2n) is 7.88. The summed E-state index contributed by atoms with van der Waals surface area (Å²) in [5.74, 6) is -22.3. The van der Waals surface area contributed by atoms with Gasteiger partial charge in [-0.15, -0.1) is 0 Å². The molecule has 0 unspecified atom stereocenters. The van der Waals surface area contributed by atoms with Gasteiger partial charge in [0.1, 0.15) is 23.1 Å². The lowest BCUT2D eigenvalue weighted by Gasteiger charge is -2.43. The molecular weight excluding hydrogens is 457 g/mol. The Bertz CT molecular complexity index is 1140. The van der Waals surface area contributed by atoms with Gasteiger partial charge in [0.05, 0.1) is 6.04 Å². The van der Waals surface area contributed by atoms with Crippen LogP contribution in [0.1, 0.15) is 27.7 Å². The Balaban J connectivity index is 2.64. The SMILES string of the molecule is CC(C)N1C=[N+](C(C)C)[B@-](F)(c2c(F)c(F)c(F)c(F)c2F)c2c(F)c(F)c(F)c(F)c21. The van der Waals surface area contributed by atoms with Gasteiger partial charge in [-0.1, -0.05) is 0 Å². The number of halogens is 10. The van der Waals surface area contributed by atoms with Crippen LogP contribution in [0.25, 0.3) is 0 Å². The number of benzene rings is 2. The minimum absolute atomic E-state index is 0.389. The summed E-state index contributed by atoms with van der Waals surface area (Å²) in [7, 11) is 0. The lowest BCUT2D eigenvalue weighted by atomic mass is 9.42. The van der Waals surface area contributed by atoms with Gasteiger partial charge in [-0.2, -0.15) is 4.39 Å². The molecule has 0 radical (unpaired) electrons. The number of anilines is 1. The van der Waals surface area contributed by atoms with Gasteiger partial charge >= 0.3 is 6.56 Å². The second kappa shape index (κ2) is 7.70. The molecule has 1 aliphatic rings. The minimum atomic E-state index is -5.08. The Morgan fingerprint density at radius 1 is 0.625 bits per heavy atom. The molecule has 1 heterocycles. The number of rotatable bonds is 3. The van der Waals surface area contributed by atoms with Gasteiger partial charge in [-0.3, -0.25) is 0 Å². The number of fused-ring (bicyclic) bond motifs is 1. The molecule has 0 fully saturated rings. The van der Waals surface area contributed by atoms with E-state index in [9.17, 15) is 39.5 Å². The van der Waals surface area contributed by atoms with Crippen LogP contribution >= 0.6 is 0 Å². The molecule has 3 rings (SSSR count). The van der Waals surface area contributed by atoms with E-state index in [1.54, 1.807) is 0 Å². The van der Waals surface area contributed by atoms with Crippen LogP contribution in [0.3, 0.4) is 0 Å². The molecule has 2 nitrogen and oxygen atoms in total. The smallest absolute Gasteiger partial charge is 0.411 e. The van der Waals surface area contributed by atoms with Crippen molar-refractivity contribution in [3.05, 3.63) is 52.4 Å². The Kier molecular flexibility index (Phi) is 5.76. The van der Waals surface area contributed by atoms with E-state index in [2.05, 4.69) is 0 Å². The van der Waals surface area contributed by atoms with Gasteiger partial charge in [0.25, 0.3) is 0 Å². The summed E-state index contributed by atoms with van der Waals surface area (Å²) in [6, 6.07) is -2.01. The van der Waals surface area contributed by atoms with Crippen molar-refractivity contribution in [1.82, 2.24) is 0 Å². The molecule has 0 aromatic heterocycles. The molecule has 174 valence electrons. The third kappa shape index (κ3) is 3.00. The first-order chi connectivity index (χ1) is 14.7. The Labute approximate surface area is 175 Å². The monoisotopic (exact) mass is 472 g/mol. The summed E-state index contributed by atoms with van der Waals surface area (Å²) in [6.45, 7) is 0.0996. The van der Waals surface area contributed by atoms with Crippen LogP contribution in [0.4, 0.5) is 49.5 Å². The summed E-state index contributed by atoms with van der Waals surface area (Å²) in [5.41, 5.74) is -5.12. The molecule has 0 saturated heterocycles. The predicted octanol–water partition coefficient (Wildman–Crippen LogP) is 4.14. The average molecular weight is 472 g/mol. The van der Waals surface area contributed by atoms with E-state index < -0.39 is 87.6 Å². The highest BCUT2D eigenvalue weighted by Gasteiger charge is 2.54. The van der Waals surface area contributed by atoms with Crippen molar-refractivity contribution in [3.63, 3.8) is 0 Å². The summed E-state index contributed by atoms with van der Waals surface area (Å²) in [4.78, 5) is 0.766. The molecule has 2 aromatic rings. The first kappa shape index (κ1) is 23.9. The highest BCUT2D eigenvalue weighted by Crippen LogP contribution is 2.33. The van der Waals surface area contributed by atoms with Gasteiger partial charge in [-0.25, -0.2) is 40.0 Å². The van der Waals surface area contributed by atoms with Crippen LogP contribution < -0.4 is 15.8 Å². The van der Waals surface area contributed by atoms with Crippen molar-refractivity contribution in [2.24, 2.45) is 0 Å². The Hall–Kier alpha value is -2.73. The number of nitrogens with zero attached hydrogens (tertiary/aromatic N) is 2. The topological polar surface area (TPSA) is 6.25 Å². The van der Waals surface area contributed by atoms with Crippen LogP contribution in [-0.2, 0) is 0 Å². The summed E-state index contributed by atoms with van der Waals surface area (Å²) < 4.78 is 146. The second-order valence-corrected chi connectivity index (χ2v) is 7.88. The maximum Gasteiger partial charge on any atom is 0.411 e. The molecule has 13 heteroatoms. The first-order valence-electron chi connectivity index (χ1n) is 9.32. The molecule has 0 amide bonds. The molecule has 1 aliphatic heterocycles. The fourth-order valence-electron chi connectivity index (χ4n) is 3.87. The maximum absolute atomic E-state index is 16.7. The fourth-order valence-corrected chi connectivity index (χ4v) is 3.87. The molecule has 0 saturated carbocycles. The van der Waals surface area contributed by atoms with Gasteiger partial charge < -0.3 is 8.80 Å². The van der Waals surface area contributed by atoms with Gasteiger partial charge in [-0.05, 0) is 38.6 Å². The molecule has 32 heavy (non-hydrogen) atoms. The summed E-state index contributed by atoms with van der Waals surface area (Å²) in [5, 5.41) is 0. The molecule has 0 spiro atoms. The molecule has 0 bridgehead atoms. The molecule has 0 N–H and O–H groups in total. The zero-order chi connectivity index (χ0) is 24.4. The van der Waals surface area contributed by atoms with Crippen molar-refractivity contribution in [2.45, 2.75) is 39.8 Å². The highest BCUT2D eigenvalue weighted by molar-refractivity contribution is 6.92. The molecule has 0 aliphatic carbocycles. The van der Waals surface area contributed by atoms with Crippen LogP contribution in [0.2, 0.25) is 0 Å². The Morgan fingerprint density at radius 3 is 1.41 bits per heavy atom. The van der Waals surface area contributed by atoms with Crippen LogP contribution in [-0.4, -0.2) is 29.5 Å². The fraction of sp³-hybridized carbons (Fsp3) is 0.316. The van der Waals surface area contributed by atoms with E-state index in [1.165, 1.54) is 27.7 Å². The standard InChI is InChI=1S/C19H15BF10N2/c1-6(2)31-5-32(7(3)4)20(30,8-10(21)13(24)16(27)14(25)11(8)22)9-12(23)15(26)17(28)18(29)19(9)31/h5-7H,1-4H3/t20-/m1/s1. The van der Waals surface area contributed by atoms with E-state index >= 15 is 4.32 Å². The average Bonchev–Trinajstić information content (AvgIpc) is 2.72. The van der Waals surface area contributed by atoms with E-state index in [4.69, 9.17) is 0 Å². The number of hydrogen-bond acceptors (Lipinski definition) is 1. The van der Waals surface area contributed by atoms with Crippen molar-refractivity contribution in [2.75, 3.05) is 4.90 Å². The van der Waals surface area contributed by atoms with E-state index in [-0.39, 0.29) is 0 Å². The van der Waals surface area contributed by atoms with Gasteiger partial charge in [0.15, 0.2) is 29.6 Å². The van der Waals surface area contributed by atoms with Gasteiger partial charge in [0, 0.05) is 6.04 Å². The zero-order valence-corrected chi connectivity index (χ0v) is 17.0. The lowest BCUT2D eigenvalue weighted by Crippen LogP contribution is -2.72. The molecule has 2 aromatic carbocycles. The zero-order valence-electron chi connectivity index (χ0n) is 17.0. The minimum Gasteiger partial charge on any atom is -0.456 e. The van der Waals surface area contributed by atoms with E-state index in [0.717, 1.165) is 4.90 Å². The van der Waals surface area contributed by atoms with Crippen LogP contribution in [0, 0.1) is 52.4 Å². The molecular formula is C19H15BF10N2. The number of hydrogen-bond donors (Lipinski definition) is 0. The maximum atomic E-state index is 16.7. The van der Waals surface area contributed by atoms with Crippen molar-refractivity contribution in [3.8, 4) is 0 Å². The largest absolute Gasteiger partial charge is 0.456 e. The van der Waals surface area contributed by atoms with E-state index in [1.807, 2.05) is 0 Å². The van der Waals surface area contributed by atoms with Crippen molar-refractivity contribution in [1.29, 1.82) is 0 Å². The third-order valence-electron chi connectivity index (χ3n) is 5.37. The lowest BCUT2D eigenvalue weighted by molar-refractivity contribution is -0.438. The quantitative estimate of drug-likeness (QED) is 0.282. The van der Waals surface area contributed by atoms with Crippen LogP contribution in [0.5, 0.6) is 0 Å².